The van der Waals surface area contributed by atoms with Crippen LogP contribution in [0.1, 0.15) is 0 Å². The highest BCUT2D eigenvalue weighted by molar-refractivity contribution is 6.32. The molecule has 98 valence electrons. The number of benzene rings is 1. The molecule has 2 amide bonds. The number of carbonyl (C=O) groups is 1. The van der Waals surface area contributed by atoms with Crippen molar-refractivity contribution in [3.05, 3.63) is 23.2 Å². The molecule has 0 radical (unpaired) electrons. The van der Waals surface area contributed by atoms with E-state index in [-0.39, 0.29) is 6.03 Å². The van der Waals surface area contributed by atoms with E-state index < -0.39 is 0 Å². The lowest BCUT2D eigenvalue weighted by Gasteiger charge is -2.27. The van der Waals surface area contributed by atoms with Crippen molar-refractivity contribution in [2.75, 3.05) is 38.7 Å². The van der Waals surface area contributed by atoms with Crippen molar-refractivity contribution in [3.63, 3.8) is 0 Å². The van der Waals surface area contributed by atoms with Crippen LogP contribution in [0.25, 0.3) is 0 Å². The van der Waals surface area contributed by atoms with Gasteiger partial charge in [-0.25, -0.2) is 4.79 Å². The first-order valence-electron chi connectivity index (χ1n) is 5.68. The van der Waals surface area contributed by atoms with Gasteiger partial charge in [0.15, 0.2) is 5.75 Å². The Morgan fingerprint density at radius 1 is 1.44 bits per heavy atom. The molecular weight excluding hydrogens is 256 g/mol. The lowest BCUT2D eigenvalue weighted by Crippen LogP contribution is -2.43. The minimum Gasteiger partial charge on any atom is -0.493 e. The smallest absolute Gasteiger partial charge is 0.322 e. The zero-order chi connectivity index (χ0) is 13.0. The zero-order valence-corrected chi connectivity index (χ0v) is 10.9. The standard InChI is InChI=1S/C12H15ClN2O3/c1-17-11-9(13)3-2-4-10(11)14-12(16)15-5-7-18-8-6-15/h2-4H,5-8H2,1H3,(H,14,16). The maximum Gasteiger partial charge on any atom is 0.322 e. The van der Waals surface area contributed by atoms with Crippen LogP contribution in [0.3, 0.4) is 0 Å². The van der Waals surface area contributed by atoms with Crippen LogP contribution >= 0.6 is 11.6 Å². The van der Waals surface area contributed by atoms with E-state index in [2.05, 4.69) is 5.32 Å². The third kappa shape index (κ3) is 2.86. The number of nitrogens with one attached hydrogen (secondary N) is 1. The summed E-state index contributed by atoms with van der Waals surface area (Å²) >= 11 is 5.99. The number of anilines is 1. The van der Waals surface area contributed by atoms with E-state index in [0.717, 1.165) is 0 Å². The molecule has 6 heteroatoms. The Bertz CT molecular complexity index is 433. The van der Waals surface area contributed by atoms with Crippen molar-refractivity contribution in [1.29, 1.82) is 0 Å². The van der Waals surface area contributed by atoms with Crippen molar-refractivity contribution in [2.24, 2.45) is 0 Å². The fourth-order valence-corrected chi connectivity index (χ4v) is 2.03. The first kappa shape index (κ1) is 13.0. The molecule has 5 nitrogen and oxygen atoms in total. The van der Waals surface area contributed by atoms with Gasteiger partial charge >= 0.3 is 6.03 Å². The number of hydrogen-bond donors (Lipinski definition) is 1. The molecular formula is C12H15ClN2O3. The van der Waals surface area contributed by atoms with Gasteiger partial charge in [0.05, 0.1) is 31.0 Å². The van der Waals surface area contributed by atoms with Crippen LogP contribution in [0.4, 0.5) is 10.5 Å². The monoisotopic (exact) mass is 270 g/mol. The van der Waals surface area contributed by atoms with Crippen molar-refractivity contribution >= 4 is 23.3 Å². The molecule has 1 aliphatic heterocycles. The number of methoxy groups -OCH3 is 1. The van der Waals surface area contributed by atoms with E-state index in [4.69, 9.17) is 21.1 Å². The first-order chi connectivity index (χ1) is 8.72. The molecule has 0 aromatic heterocycles. The highest BCUT2D eigenvalue weighted by Gasteiger charge is 2.18. The van der Waals surface area contributed by atoms with Gasteiger partial charge in [-0.2, -0.15) is 0 Å². The predicted octanol–water partition coefficient (Wildman–Crippen LogP) is 2.21. The van der Waals surface area contributed by atoms with Gasteiger partial charge in [0.25, 0.3) is 0 Å². The number of morpholine rings is 1. The lowest BCUT2D eigenvalue weighted by molar-refractivity contribution is 0.0564. The minimum atomic E-state index is -0.168. The second-order valence-corrected chi connectivity index (χ2v) is 4.26. The summed E-state index contributed by atoms with van der Waals surface area (Å²) in [6.07, 6.45) is 0. The summed E-state index contributed by atoms with van der Waals surface area (Å²) in [5.74, 6) is 0.473. The molecule has 0 atom stereocenters. The van der Waals surface area contributed by atoms with Crippen LogP contribution in [0.15, 0.2) is 18.2 Å². The third-order valence-corrected chi connectivity index (χ3v) is 3.01. The van der Waals surface area contributed by atoms with Crippen LogP contribution < -0.4 is 10.1 Å². The van der Waals surface area contributed by atoms with Gasteiger partial charge in [-0.3, -0.25) is 0 Å². The molecule has 0 bridgehead atoms. The van der Waals surface area contributed by atoms with Gasteiger partial charge in [0, 0.05) is 13.1 Å². The SMILES string of the molecule is COc1c(Cl)cccc1NC(=O)N1CCOCC1. The fourth-order valence-electron chi connectivity index (χ4n) is 1.78. The molecule has 1 aromatic carbocycles. The summed E-state index contributed by atoms with van der Waals surface area (Å²) in [6, 6.07) is 5.06. The van der Waals surface area contributed by atoms with Gasteiger partial charge in [-0.05, 0) is 12.1 Å². The topological polar surface area (TPSA) is 50.8 Å². The summed E-state index contributed by atoms with van der Waals surface area (Å²) in [4.78, 5) is 13.7. The molecule has 1 heterocycles. The van der Waals surface area contributed by atoms with E-state index in [1.165, 1.54) is 7.11 Å². The van der Waals surface area contributed by atoms with Crippen molar-refractivity contribution < 1.29 is 14.3 Å². The van der Waals surface area contributed by atoms with E-state index in [9.17, 15) is 4.79 Å². The molecule has 1 fully saturated rings. The third-order valence-electron chi connectivity index (χ3n) is 2.71. The molecule has 1 aliphatic rings. The Morgan fingerprint density at radius 2 is 2.17 bits per heavy atom. The van der Waals surface area contributed by atoms with Gasteiger partial charge in [0.2, 0.25) is 0 Å². The summed E-state index contributed by atoms with van der Waals surface area (Å²) < 4.78 is 10.4. The quantitative estimate of drug-likeness (QED) is 0.896. The highest BCUT2D eigenvalue weighted by Crippen LogP contribution is 2.32. The van der Waals surface area contributed by atoms with Gasteiger partial charge < -0.3 is 19.7 Å². The second kappa shape index (κ2) is 5.93. The molecule has 1 N–H and O–H groups in total. The first-order valence-corrected chi connectivity index (χ1v) is 6.06. The van der Waals surface area contributed by atoms with E-state index in [1.807, 2.05) is 0 Å². The summed E-state index contributed by atoms with van der Waals surface area (Å²) in [6.45, 7) is 2.32. The fraction of sp³-hybridized carbons (Fsp3) is 0.417. The Hall–Kier alpha value is -1.46. The minimum absolute atomic E-state index is 0.168. The molecule has 1 aromatic rings. The molecule has 18 heavy (non-hydrogen) atoms. The average molecular weight is 271 g/mol. The number of halogens is 1. The Kier molecular flexibility index (Phi) is 4.28. The maximum atomic E-state index is 12.0. The number of para-hydroxylation sites is 1. The maximum absolute atomic E-state index is 12.0. The van der Waals surface area contributed by atoms with Crippen LogP contribution in [-0.4, -0.2) is 44.3 Å². The number of ether oxygens (including phenoxy) is 2. The van der Waals surface area contributed by atoms with E-state index >= 15 is 0 Å². The van der Waals surface area contributed by atoms with Crippen molar-refractivity contribution in [1.82, 2.24) is 4.90 Å². The number of amides is 2. The van der Waals surface area contributed by atoms with Crippen LogP contribution in [0.5, 0.6) is 5.75 Å². The van der Waals surface area contributed by atoms with Crippen LogP contribution in [0, 0.1) is 0 Å². The molecule has 1 saturated heterocycles. The highest BCUT2D eigenvalue weighted by atomic mass is 35.5. The van der Waals surface area contributed by atoms with Crippen LogP contribution in [0.2, 0.25) is 5.02 Å². The average Bonchev–Trinajstić information content (AvgIpc) is 2.40. The molecule has 2 rings (SSSR count). The normalized spacial score (nSPS) is 15.3. The lowest BCUT2D eigenvalue weighted by atomic mass is 10.3. The van der Waals surface area contributed by atoms with E-state index in [1.54, 1.807) is 23.1 Å². The van der Waals surface area contributed by atoms with Crippen molar-refractivity contribution in [3.8, 4) is 5.75 Å². The number of nitrogens with zero attached hydrogens (tertiary/aromatic N) is 1. The molecule has 0 spiro atoms. The molecule has 0 saturated carbocycles. The summed E-state index contributed by atoms with van der Waals surface area (Å²) in [7, 11) is 1.52. The largest absolute Gasteiger partial charge is 0.493 e. The van der Waals surface area contributed by atoms with Gasteiger partial charge in [0.1, 0.15) is 0 Å². The summed E-state index contributed by atoms with van der Waals surface area (Å²) in [5.41, 5.74) is 0.571. The Morgan fingerprint density at radius 3 is 2.83 bits per heavy atom. The zero-order valence-electron chi connectivity index (χ0n) is 10.1. The Balaban J connectivity index is 2.08. The summed E-state index contributed by atoms with van der Waals surface area (Å²) in [5, 5.41) is 3.26. The number of hydrogen-bond acceptors (Lipinski definition) is 3. The van der Waals surface area contributed by atoms with Crippen molar-refractivity contribution in [2.45, 2.75) is 0 Å². The molecule has 0 unspecified atom stereocenters. The number of urea groups is 1. The van der Waals surface area contributed by atoms with Gasteiger partial charge in [-0.15, -0.1) is 0 Å². The molecule has 0 aliphatic carbocycles. The number of rotatable bonds is 2. The second-order valence-electron chi connectivity index (χ2n) is 3.85. The predicted molar refractivity (Wildman–Crippen MR) is 69.4 cm³/mol. The van der Waals surface area contributed by atoms with E-state index in [0.29, 0.717) is 42.8 Å². The van der Waals surface area contributed by atoms with Crippen LogP contribution in [-0.2, 0) is 4.74 Å². The number of carbonyl (C=O) groups excluding carboxylic acids is 1. The Labute approximate surface area is 111 Å². The van der Waals surface area contributed by atoms with Gasteiger partial charge in [-0.1, -0.05) is 17.7 Å².